The maximum Gasteiger partial charge on any atom is 0.129 e. The summed E-state index contributed by atoms with van der Waals surface area (Å²) in [4.78, 5) is 1.98. The van der Waals surface area contributed by atoms with Gasteiger partial charge in [0, 0.05) is 24.2 Å². The molecule has 0 bridgehead atoms. The number of rotatable bonds is 4. The summed E-state index contributed by atoms with van der Waals surface area (Å²) >= 11 is 0. The molecule has 1 aromatic carbocycles. The zero-order valence-electron chi connectivity index (χ0n) is 10.1. The summed E-state index contributed by atoms with van der Waals surface area (Å²) < 4.78 is 18.7. The third-order valence-electron chi connectivity index (χ3n) is 2.66. The molecule has 0 radical (unpaired) electrons. The molecule has 2 aromatic rings. The van der Waals surface area contributed by atoms with Gasteiger partial charge in [0.2, 0.25) is 0 Å². The van der Waals surface area contributed by atoms with Crippen molar-refractivity contribution in [3.05, 3.63) is 59.3 Å². The van der Waals surface area contributed by atoms with Crippen molar-refractivity contribution in [2.75, 3.05) is 7.05 Å². The Kier molecular flexibility index (Phi) is 3.75. The van der Waals surface area contributed by atoms with Gasteiger partial charge in [0.05, 0.1) is 24.2 Å². The molecule has 0 aliphatic carbocycles. The van der Waals surface area contributed by atoms with Crippen LogP contribution in [0.2, 0.25) is 0 Å². The molecule has 0 spiro atoms. The molecule has 0 aliphatic heterocycles. The van der Waals surface area contributed by atoms with Crippen LogP contribution in [0, 0.1) is 17.1 Å². The molecule has 0 N–H and O–H groups in total. The van der Waals surface area contributed by atoms with Crippen LogP contribution in [0.15, 0.2) is 41.2 Å². The minimum Gasteiger partial charge on any atom is -0.472 e. The topological polar surface area (TPSA) is 40.2 Å². The molecule has 1 aromatic heterocycles. The fourth-order valence-corrected chi connectivity index (χ4v) is 1.79. The summed E-state index contributed by atoms with van der Waals surface area (Å²) in [6, 6.07) is 8.35. The molecular formula is C14H13FN2O. The van der Waals surface area contributed by atoms with E-state index in [2.05, 4.69) is 0 Å². The van der Waals surface area contributed by atoms with Gasteiger partial charge in [0.15, 0.2) is 0 Å². The molecule has 2 rings (SSSR count). The van der Waals surface area contributed by atoms with E-state index in [1.165, 1.54) is 6.07 Å². The van der Waals surface area contributed by atoms with E-state index >= 15 is 0 Å². The average molecular weight is 244 g/mol. The van der Waals surface area contributed by atoms with Crippen LogP contribution >= 0.6 is 0 Å². The zero-order valence-corrected chi connectivity index (χ0v) is 10.1. The Morgan fingerprint density at radius 2 is 2.17 bits per heavy atom. The molecule has 0 amide bonds. The molecule has 3 nitrogen and oxygen atoms in total. The monoisotopic (exact) mass is 244 g/mol. The number of nitrogens with zero attached hydrogens (tertiary/aromatic N) is 2. The van der Waals surface area contributed by atoms with E-state index in [1.807, 2.05) is 24.1 Å². The minimum atomic E-state index is -0.340. The van der Waals surface area contributed by atoms with E-state index in [4.69, 9.17) is 9.68 Å². The summed E-state index contributed by atoms with van der Waals surface area (Å²) in [5.41, 5.74) is 1.97. The van der Waals surface area contributed by atoms with E-state index in [0.29, 0.717) is 24.2 Å². The first-order valence-corrected chi connectivity index (χ1v) is 5.57. The van der Waals surface area contributed by atoms with Crippen molar-refractivity contribution in [2.24, 2.45) is 0 Å². The average Bonchev–Trinajstić information content (AvgIpc) is 2.84. The zero-order chi connectivity index (χ0) is 13.0. The Balaban J connectivity index is 2.03. The standard InChI is InChI=1S/C14H13FN2O/c1-17(8-12-4-5-18-10-12)9-13-3-2-11(7-16)6-14(13)15/h2-6,10H,8-9H2,1H3. The van der Waals surface area contributed by atoms with Crippen LogP contribution in [-0.2, 0) is 13.1 Å². The van der Waals surface area contributed by atoms with Gasteiger partial charge in [-0.05, 0) is 25.2 Å². The smallest absolute Gasteiger partial charge is 0.129 e. The van der Waals surface area contributed by atoms with E-state index in [9.17, 15) is 4.39 Å². The lowest BCUT2D eigenvalue weighted by atomic mass is 10.1. The van der Waals surface area contributed by atoms with Gasteiger partial charge in [-0.1, -0.05) is 6.07 Å². The molecule has 0 unspecified atom stereocenters. The highest BCUT2D eigenvalue weighted by Crippen LogP contribution is 2.13. The molecule has 92 valence electrons. The van der Waals surface area contributed by atoms with Crippen molar-refractivity contribution in [2.45, 2.75) is 13.1 Å². The van der Waals surface area contributed by atoms with Crippen molar-refractivity contribution in [3.63, 3.8) is 0 Å². The molecular weight excluding hydrogens is 231 g/mol. The molecule has 1 heterocycles. The second kappa shape index (κ2) is 5.48. The van der Waals surface area contributed by atoms with Gasteiger partial charge < -0.3 is 4.42 Å². The Hall–Kier alpha value is -2.12. The van der Waals surface area contributed by atoms with E-state index in [-0.39, 0.29) is 5.82 Å². The Bertz CT molecular complexity index is 558. The van der Waals surface area contributed by atoms with Crippen molar-refractivity contribution >= 4 is 0 Å². The number of hydrogen-bond donors (Lipinski definition) is 0. The summed E-state index contributed by atoms with van der Waals surface area (Å²) in [6.45, 7) is 1.18. The van der Waals surface area contributed by atoms with Crippen LogP contribution in [0.4, 0.5) is 4.39 Å². The first-order chi connectivity index (χ1) is 8.69. The maximum atomic E-state index is 13.7. The van der Waals surface area contributed by atoms with Crippen LogP contribution in [-0.4, -0.2) is 11.9 Å². The van der Waals surface area contributed by atoms with Crippen LogP contribution in [0.1, 0.15) is 16.7 Å². The lowest BCUT2D eigenvalue weighted by Crippen LogP contribution is -2.17. The molecule has 0 atom stereocenters. The molecule has 0 fully saturated rings. The van der Waals surface area contributed by atoms with E-state index < -0.39 is 0 Å². The third-order valence-corrected chi connectivity index (χ3v) is 2.66. The predicted octanol–water partition coefficient (Wildman–Crippen LogP) is 2.92. The van der Waals surface area contributed by atoms with Gasteiger partial charge in [0.1, 0.15) is 5.82 Å². The quantitative estimate of drug-likeness (QED) is 0.830. The minimum absolute atomic E-state index is 0.340. The van der Waals surface area contributed by atoms with Gasteiger partial charge in [-0.3, -0.25) is 4.90 Å². The largest absolute Gasteiger partial charge is 0.472 e. The first-order valence-electron chi connectivity index (χ1n) is 5.57. The summed E-state index contributed by atoms with van der Waals surface area (Å²) in [5.74, 6) is -0.340. The predicted molar refractivity (Wildman–Crippen MR) is 65.0 cm³/mol. The van der Waals surface area contributed by atoms with Gasteiger partial charge >= 0.3 is 0 Å². The van der Waals surface area contributed by atoms with Crippen molar-refractivity contribution in [3.8, 4) is 6.07 Å². The normalized spacial score (nSPS) is 10.6. The molecule has 4 heteroatoms. The van der Waals surface area contributed by atoms with Gasteiger partial charge in [-0.15, -0.1) is 0 Å². The lowest BCUT2D eigenvalue weighted by molar-refractivity contribution is 0.312. The SMILES string of the molecule is CN(Cc1ccoc1)Cc1ccc(C#N)cc1F. The summed E-state index contributed by atoms with van der Waals surface area (Å²) in [7, 11) is 1.91. The fourth-order valence-electron chi connectivity index (χ4n) is 1.79. The Morgan fingerprint density at radius 3 is 2.78 bits per heavy atom. The lowest BCUT2D eigenvalue weighted by Gasteiger charge is -2.16. The van der Waals surface area contributed by atoms with Crippen LogP contribution < -0.4 is 0 Å². The van der Waals surface area contributed by atoms with E-state index in [1.54, 1.807) is 24.7 Å². The molecule has 0 saturated heterocycles. The van der Waals surface area contributed by atoms with E-state index in [0.717, 1.165) is 5.56 Å². The maximum absolute atomic E-state index is 13.7. The number of nitriles is 1. The van der Waals surface area contributed by atoms with Crippen LogP contribution in [0.25, 0.3) is 0 Å². The second-order valence-electron chi connectivity index (χ2n) is 4.22. The Morgan fingerprint density at radius 1 is 1.33 bits per heavy atom. The van der Waals surface area contributed by atoms with Crippen molar-refractivity contribution < 1.29 is 8.81 Å². The molecule has 0 aliphatic rings. The van der Waals surface area contributed by atoms with Crippen LogP contribution in [0.5, 0.6) is 0 Å². The summed E-state index contributed by atoms with van der Waals surface area (Å²) in [5, 5.41) is 8.67. The Labute approximate surface area is 105 Å². The summed E-state index contributed by atoms with van der Waals surface area (Å²) in [6.07, 6.45) is 3.29. The fraction of sp³-hybridized carbons (Fsp3) is 0.214. The molecule has 18 heavy (non-hydrogen) atoms. The highest BCUT2D eigenvalue weighted by molar-refractivity contribution is 5.32. The van der Waals surface area contributed by atoms with Gasteiger partial charge in [0.25, 0.3) is 0 Å². The highest BCUT2D eigenvalue weighted by Gasteiger charge is 2.07. The second-order valence-corrected chi connectivity index (χ2v) is 4.22. The number of halogens is 1. The third kappa shape index (κ3) is 2.96. The number of hydrogen-bond acceptors (Lipinski definition) is 3. The number of benzene rings is 1. The van der Waals surface area contributed by atoms with Gasteiger partial charge in [-0.2, -0.15) is 5.26 Å². The first kappa shape index (κ1) is 12.3. The van der Waals surface area contributed by atoms with Gasteiger partial charge in [-0.25, -0.2) is 4.39 Å². The highest BCUT2D eigenvalue weighted by atomic mass is 19.1. The number of furan rings is 1. The van der Waals surface area contributed by atoms with Crippen LogP contribution in [0.3, 0.4) is 0 Å². The molecule has 0 saturated carbocycles. The van der Waals surface area contributed by atoms with Crippen molar-refractivity contribution in [1.82, 2.24) is 4.90 Å². The van der Waals surface area contributed by atoms with Crippen molar-refractivity contribution in [1.29, 1.82) is 5.26 Å².